The fourth-order valence-corrected chi connectivity index (χ4v) is 1.55. The summed E-state index contributed by atoms with van der Waals surface area (Å²) in [5.74, 6) is -0.547. The van der Waals surface area contributed by atoms with Crippen LogP contribution in [-0.2, 0) is 0 Å². The highest BCUT2D eigenvalue weighted by Crippen LogP contribution is 2.37. The number of rotatable bonds is 2. The van der Waals surface area contributed by atoms with Gasteiger partial charge in [0.05, 0.1) is 0 Å². The number of alkyl halides is 5. The summed E-state index contributed by atoms with van der Waals surface area (Å²) >= 11 is 2.96. The zero-order valence-electron chi connectivity index (χ0n) is 7.91. The summed E-state index contributed by atoms with van der Waals surface area (Å²) in [5, 5.41) is 0. The van der Waals surface area contributed by atoms with Gasteiger partial charge in [-0.3, -0.25) is 0 Å². The molecule has 0 spiro atoms. The van der Waals surface area contributed by atoms with Crippen molar-refractivity contribution in [1.29, 1.82) is 0 Å². The Labute approximate surface area is 96.3 Å². The maximum Gasteiger partial charge on any atom is 0.499 e. The second kappa shape index (κ2) is 4.20. The highest BCUT2D eigenvalue weighted by Gasteiger charge is 2.61. The molecule has 0 amide bonds. The average Bonchev–Trinajstić information content (AvgIpc) is 1.97. The largest absolute Gasteiger partial charge is 0.499 e. The fraction of sp³-hybridized carbons (Fsp3) is 0.333. The number of hydrogen-bond acceptors (Lipinski definition) is 1. The molecule has 1 aromatic rings. The van der Waals surface area contributed by atoms with E-state index in [9.17, 15) is 22.0 Å². The molecule has 0 unspecified atom stereocenters. The SMILES string of the molecule is Cc1cc(Br)cc(OC(F)(F)C(F)(F)F)c1. The zero-order valence-corrected chi connectivity index (χ0v) is 9.49. The van der Waals surface area contributed by atoms with E-state index in [-0.39, 0.29) is 0 Å². The molecule has 0 aliphatic rings. The maximum absolute atomic E-state index is 12.5. The standard InChI is InChI=1S/C9H6BrF5O/c1-5-2-6(10)4-7(3-5)16-9(14,15)8(11,12)13/h2-4H,1H3. The molecule has 1 rings (SSSR count). The van der Waals surface area contributed by atoms with Gasteiger partial charge < -0.3 is 4.74 Å². The number of hydrogen-bond donors (Lipinski definition) is 0. The van der Waals surface area contributed by atoms with Crippen molar-refractivity contribution in [3.8, 4) is 5.75 Å². The minimum atomic E-state index is -5.73. The van der Waals surface area contributed by atoms with E-state index in [1.807, 2.05) is 0 Å². The van der Waals surface area contributed by atoms with Crippen LogP contribution in [0.5, 0.6) is 5.75 Å². The van der Waals surface area contributed by atoms with Gasteiger partial charge in [-0.15, -0.1) is 0 Å². The van der Waals surface area contributed by atoms with Crippen molar-refractivity contribution in [1.82, 2.24) is 0 Å². The molecular formula is C9H6BrF5O. The van der Waals surface area contributed by atoms with Crippen molar-refractivity contribution in [2.75, 3.05) is 0 Å². The van der Waals surface area contributed by atoms with Crippen molar-refractivity contribution in [2.24, 2.45) is 0 Å². The number of halogens is 6. The molecule has 0 atom stereocenters. The molecule has 1 aromatic carbocycles. The van der Waals surface area contributed by atoms with E-state index in [1.165, 1.54) is 0 Å². The van der Waals surface area contributed by atoms with Gasteiger partial charge in [-0.25, -0.2) is 0 Å². The molecule has 7 heteroatoms. The molecular weight excluding hydrogens is 299 g/mol. The predicted molar refractivity (Wildman–Crippen MR) is 50.5 cm³/mol. The van der Waals surface area contributed by atoms with Gasteiger partial charge in [0.25, 0.3) is 0 Å². The van der Waals surface area contributed by atoms with Crippen molar-refractivity contribution < 1.29 is 26.7 Å². The Morgan fingerprint density at radius 1 is 1.06 bits per heavy atom. The van der Waals surface area contributed by atoms with Gasteiger partial charge in [0.2, 0.25) is 0 Å². The van der Waals surface area contributed by atoms with Gasteiger partial charge in [-0.05, 0) is 30.7 Å². The topological polar surface area (TPSA) is 9.23 Å². The summed E-state index contributed by atoms with van der Waals surface area (Å²) in [6.07, 6.45) is -10.9. The van der Waals surface area contributed by atoms with E-state index < -0.39 is 18.0 Å². The minimum absolute atomic E-state index is 0.362. The molecule has 90 valence electrons. The van der Waals surface area contributed by atoms with E-state index in [0.29, 0.717) is 10.0 Å². The Morgan fingerprint density at radius 2 is 1.62 bits per heavy atom. The van der Waals surface area contributed by atoms with Crippen LogP contribution in [0, 0.1) is 6.92 Å². The highest BCUT2D eigenvalue weighted by molar-refractivity contribution is 9.10. The normalized spacial score (nSPS) is 12.7. The quantitative estimate of drug-likeness (QED) is 0.741. The molecule has 0 bridgehead atoms. The summed E-state index contributed by atoms with van der Waals surface area (Å²) in [5.41, 5.74) is 0.502. The van der Waals surface area contributed by atoms with Gasteiger partial charge in [-0.1, -0.05) is 15.9 Å². The van der Waals surface area contributed by atoms with Crippen LogP contribution in [0.2, 0.25) is 0 Å². The summed E-state index contributed by atoms with van der Waals surface area (Å²) in [6, 6.07) is 3.68. The van der Waals surface area contributed by atoms with Crippen LogP contribution in [0.25, 0.3) is 0 Å². The van der Waals surface area contributed by atoms with Crippen LogP contribution >= 0.6 is 15.9 Å². The van der Waals surface area contributed by atoms with E-state index in [0.717, 1.165) is 12.1 Å². The van der Waals surface area contributed by atoms with Crippen LogP contribution in [0.3, 0.4) is 0 Å². The van der Waals surface area contributed by atoms with Gasteiger partial charge in [0.1, 0.15) is 5.75 Å². The molecule has 0 fully saturated rings. The summed E-state index contributed by atoms with van der Waals surface area (Å²) in [7, 11) is 0. The summed E-state index contributed by atoms with van der Waals surface area (Å²) in [6.45, 7) is 1.54. The lowest BCUT2D eigenvalue weighted by atomic mass is 10.2. The average molecular weight is 305 g/mol. The van der Waals surface area contributed by atoms with Crippen LogP contribution in [0.4, 0.5) is 22.0 Å². The van der Waals surface area contributed by atoms with E-state index in [2.05, 4.69) is 20.7 Å². The Kier molecular flexibility index (Phi) is 3.47. The Balaban J connectivity index is 2.96. The first-order chi connectivity index (χ1) is 7.12. The number of aryl methyl sites for hydroxylation is 1. The van der Waals surface area contributed by atoms with Crippen molar-refractivity contribution in [3.05, 3.63) is 28.2 Å². The smallest absolute Gasteiger partial charge is 0.426 e. The Morgan fingerprint density at radius 3 is 2.06 bits per heavy atom. The van der Waals surface area contributed by atoms with Gasteiger partial charge in [0.15, 0.2) is 0 Å². The number of ether oxygens (including phenoxy) is 1. The molecule has 0 aliphatic carbocycles. The fourth-order valence-electron chi connectivity index (χ4n) is 0.968. The van der Waals surface area contributed by atoms with Gasteiger partial charge >= 0.3 is 12.3 Å². The third-order valence-corrected chi connectivity index (χ3v) is 2.05. The summed E-state index contributed by atoms with van der Waals surface area (Å²) in [4.78, 5) is 0. The summed E-state index contributed by atoms with van der Waals surface area (Å²) < 4.78 is 64.5. The predicted octanol–water partition coefficient (Wildman–Crippen LogP) is 4.29. The van der Waals surface area contributed by atoms with E-state index in [4.69, 9.17) is 0 Å². The first kappa shape index (κ1) is 13.2. The first-order valence-corrected chi connectivity index (χ1v) is 4.82. The zero-order chi connectivity index (χ0) is 12.6. The lowest BCUT2D eigenvalue weighted by Crippen LogP contribution is -2.41. The molecule has 0 saturated heterocycles. The third kappa shape index (κ3) is 3.07. The monoisotopic (exact) mass is 304 g/mol. The number of benzene rings is 1. The first-order valence-electron chi connectivity index (χ1n) is 4.02. The Bertz CT molecular complexity index is 368. The van der Waals surface area contributed by atoms with Crippen molar-refractivity contribution in [3.63, 3.8) is 0 Å². The van der Waals surface area contributed by atoms with E-state index in [1.54, 1.807) is 13.0 Å². The molecule has 16 heavy (non-hydrogen) atoms. The van der Waals surface area contributed by atoms with Crippen LogP contribution in [-0.4, -0.2) is 12.3 Å². The second-order valence-electron chi connectivity index (χ2n) is 3.08. The third-order valence-electron chi connectivity index (χ3n) is 1.59. The van der Waals surface area contributed by atoms with Crippen molar-refractivity contribution in [2.45, 2.75) is 19.2 Å². The van der Waals surface area contributed by atoms with Crippen LogP contribution < -0.4 is 4.74 Å². The van der Waals surface area contributed by atoms with Crippen LogP contribution in [0.15, 0.2) is 22.7 Å². The van der Waals surface area contributed by atoms with Gasteiger partial charge in [-0.2, -0.15) is 22.0 Å². The molecule has 0 saturated carbocycles. The molecule has 0 aliphatic heterocycles. The maximum atomic E-state index is 12.5. The highest BCUT2D eigenvalue weighted by atomic mass is 79.9. The minimum Gasteiger partial charge on any atom is -0.426 e. The molecule has 0 aromatic heterocycles. The van der Waals surface area contributed by atoms with Crippen molar-refractivity contribution >= 4 is 15.9 Å². The molecule has 0 radical (unpaired) electrons. The lowest BCUT2D eigenvalue weighted by Gasteiger charge is -2.20. The lowest BCUT2D eigenvalue weighted by molar-refractivity contribution is -0.360. The second-order valence-corrected chi connectivity index (χ2v) is 4.00. The molecule has 1 nitrogen and oxygen atoms in total. The molecule has 0 N–H and O–H groups in total. The van der Waals surface area contributed by atoms with Gasteiger partial charge in [0, 0.05) is 4.47 Å². The van der Waals surface area contributed by atoms with E-state index >= 15 is 0 Å². The Hall–Kier alpha value is -0.850. The molecule has 0 heterocycles. The van der Waals surface area contributed by atoms with Crippen LogP contribution in [0.1, 0.15) is 5.56 Å².